The Morgan fingerprint density at radius 3 is 2.52 bits per heavy atom. The van der Waals surface area contributed by atoms with Crippen LogP contribution < -0.4 is 26.0 Å². The molecule has 4 N–H and O–H groups in total. The molecular formula is C46H48FN9O7. The van der Waals surface area contributed by atoms with Gasteiger partial charge in [-0.3, -0.25) is 34.1 Å². The number of fused-ring (bicyclic) bond motifs is 2. The van der Waals surface area contributed by atoms with E-state index in [9.17, 15) is 28.8 Å². The standard InChI is InChI=1S/C46H48FN9O7/c1-55(38-17-18-40(58)53-44(38)61)45(62)42-32(27-57)10-8-12-39(42)63-28-41(59)49-19-6-4-2-3-5-7-20-50-43(60)34-15-14-31(24-35(34)47)37-26-52-46-51-25-33(56(46)54-37)23-29-13-16-36-30(22-29)11-9-21-48-36/h8-16,22,24-27,38,48H,2-7,17-21,23,28H2,1H3,(H,49,59)(H,50,60)(H,53,58,61). The number of nitrogens with zero attached hydrogens (tertiary/aromatic N) is 5. The smallest absolute Gasteiger partial charge is 0.258 e. The maximum Gasteiger partial charge on any atom is 0.258 e. The van der Waals surface area contributed by atoms with Crippen LogP contribution in [0.25, 0.3) is 23.1 Å². The van der Waals surface area contributed by atoms with Gasteiger partial charge in [-0.05, 0) is 60.7 Å². The van der Waals surface area contributed by atoms with Gasteiger partial charge in [0.25, 0.3) is 23.5 Å². The van der Waals surface area contributed by atoms with Crippen molar-refractivity contribution in [1.82, 2.24) is 40.4 Å². The molecule has 4 heterocycles. The molecule has 3 aromatic carbocycles. The molecular weight excluding hydrogens is 810 g/mol. The third-order valence-electron chi connectivity index (χ3n) is 11.0. The summed E-state index contributed by atoms with van der Waals surface area (Å²) in [5.41, 5.74) is 4.98. The van der Waals surface area contributed by atoms with E-state index in [-0.39, 0.29) is 35.3 Å². The van der Waals surface area contributed by atoms with Crippen LogP contribution >= 0.6 is 0 Å². The summed E-state index contributed by atoms with van der Waals surface area (Å²) in [6.45, 7) is 1.22. The van der Waals surface area contributed by atoms with Crippen molar-refractivity contribution in [3.05, 3.63) is 112 Å². The van der Waals surface area contributed by atoms with Gasteiger partial charge in [0.1, 0.15) is 23.3 Å². The molecule has 0 spiro atoms. The Morgan fingerprint density at radius 2 is 1.75 bits per heavy atom. The van der Waals surface area contributed by atoms with Crippen LogP contribution in [0.5, 0.6) is 5.75 Å². The number of hydrogen-bond acceptors (Lipinski definition) is 11. The Morgan fingerprint density at radius 1 is 0.968 bits per heavy atom. The summed E-state index contributed by atoms with van der Waals surface area (Å²) in [5.74, 6) is -2.77. The highest BCUT2D eigenvalue weighted by Gasteiger charge is 2.34. The molecule has 2 aliphatic heterocycles. The number of halogens is 1. The number of imidazole rings is 1. The maximum atomic E-state index is 15.3. The van der Waals surface area contributed by atoms with E-state index < -0.39 is 48.0 Å². The van der Waals surface area contributed by atoms with E-state index in [0.29, 0.717) is 42.8 Å². The summed E-state index contributed by atoms with van der Waals surface area (Å²) in [5, 5.41) is 15.9. The molecule has 0 bridgehead atoms. The second kappa shape index (κ2) is 20.5. The first kappa shape index (κ1) is 43.8. The molecule has 1 atom stereocenters. The third-order valence-corrected chi connectivity index (χ3v) is 11.0. The number of hydrogen-bond donors (Lipinski definition) is 4. The maximum absolute atomic E-state index is 15.3. The normalized spacial score (nSPS) is 14.3. The Labute approximate surface area is 362 Å². The lowest BCUT2D eigenvalue weighted by Gasteiger charge is -2.30. The van der Waals surface area contributed by atoms with E-state index in [1.807, 2.05) is 0 Å². The number of ether oxygens (including phenoxy) is 1. The number of piperidine rings is 1. The summed E-state index contributed by atoms with van der Waals surface area (Å²) < 4.78 is 22.6. The van der Waals surface area contributed by atoms with Crippen molar-refractivity contribution in [1.29, 1.82) is 0 Å². The van der Waals surface area contributed by atoms with Crippen LogP contribution in [0.3, 0.4) is 0 Å². The van der Waals surface area contributed by atoms with E-state index in [1.54, 1.807) is 16.8 Å². The van der Waals surface area contributed by atoms with Gasteiger partial charge in [0.2, 0.25) is 11.8 Å². The molecule has 17 heteroatoms. The molecule has 63 heavy (non-hydrogen) atoms. The van der Waals surface area contributed by atoms with Gasteiger partial charge in [0.15, 0.2) is 12.9 Å². The van der Waals surface area contributed by atoms with E-state index in [4.69, 9.17) is 9.84 Å². The predicted molar refractivity (Wildman–Crippen MR) is 232 cm³/mol. The highest BCUT2D eigenvalue weighted by Crippen LogP contribution is 2.27. The number of carbonyl (C=O) groups excluding carboxylic acids is 6. The molecule has 1 fully saturated rings. The highest BCUT2D eigenvalue weighted by molar-refractivity contribution is 6.07. The van der Waals surface area contributed by atoms with Crippen LogP contribution in [0.15, 0.2) is 73.1 Å². The van der Waals surface area contributed by atoms with Gasteiger partial charge in [-0.15, -0.1) is 0 Å². The monoisotopic (exact) mass is 857 g/mol. The number of unbranched alkanes of at least 4 members (excludes halogenated alkanes) is 5. The fourth-order valence-corrected chi connectivity index (χ4v) is 7.56. The summed E-state index contributed by atoms with van der Waals surface area (Å²) in [4.78, 5) is 84.4. The Bertz CT molecular complexity index is 2570. The fourth-order valence-electron chi connectivity index (χ4n) is 7.56. The third kappa shape index (κ3) is 10.8. The number of nitrogens with one attached hydrogen (secondary N) is 4. The molecule has 2 aliphatic rings. The van der Waals surface area contributed by atoms with Crippen molar-refractivity contribution in [3.63, 3.8) is 0 Å². The van der Waals surface area contributed by atoms with Crippen LogP contribution in [0, 0.1) is 5.82 Å². The Hall–Kier alpha value is -7.30. The zero-order valence-electron chi connectivity index (χ0n) is 34.8. The second-order valence-electron chi connectivity index (χ2n) is 15.4. The van der Waals surface area contributed by atoms with Crippen molar-refractivity contribution < 1.29 is 37.9 Å². The molecule has 7 rings (SSSR count). The van der Waals surface area contributed by atoms with Crippen molar-refractivity contribution in [2.24, 2.45) is 0 Å². The number of aromatic nitrogens is 4. The zero-order chi connectivity index (χ0) is 44.3. The van der Waals surface area contributed by atoms with E-state index >= 15 is 4.39 Å². The zero-order valence-corrected chi connectivity index (χ0v) is 34.8. The van der Waals surface area contributed by atoms with E-state index in [2.05, 4.69) is 61.6 Å². The Balaban J connectivity index is 0.789. The molecule has 1 unspecified atom stereocenters. The lowest BCUT2D eigenvalue weighted by atomic mass is 10.0. The van der Waals surface area contributed by atoms with Crippen LogP contribution in [0.4, 0.5) is 10.1 Å². The number of anilines is 1. The van der Waals surface area contributed by atoms with Gasteiger partial charge in [0, 0.05) is 56.3 Å². The predicted octanol–water partition coefficient (Wildman–Crippen LogP) is 4.92. The van der Waals surface area contributed by atoms with Gasteiger partial charge in [-0.25, -0.2) is 18.9 Å². The molecule has 0 aliphatic carbocycles. The van der Waals surface area contributed by atoms with Gasteiger partial charge in [-0.1, -0.05) is 62.1 Å². The first-order valence-electron chi connectivity index (χ1n) is 21.0. The van der Waals surface area contributed by atoms with E-state index in [0.717, 1.165) is 67.6 Å². The minimum absolute atomic E-state index is 0.0241. The SMILES string of the molecule is CN(C(=O)c1c(C=O)cccc1OCC(=O)NCCCCCCCCNC(=O)c1ccc(-c2cnc3ncc(Cc4ccc5c(c4)C=CCN5)n3n2)cc1F)C1CCC(=O)NC1=O. The number of amides is 5. The van der Waals surface area contributed by atoms with Crippen LogP contribution in [-0.4, -0.2) is 99.6 Å². The first-order chi connectivity index (χ1) is 30.6. The summed E-state index contributed by atoms with van der Waals surface area (Å²) in [6, 6.07) is 14.2. The molecule has 0 radical (unpaired) electrons. The van der Waals surface area contributed by atoms with Gasteiger partial charge >= 0.3 is 0 Å². The number of likely N-dealkylation sites (N-methyl/N-ethyl adjacent to an activating group) is 1. The van der Waals surface area contributed by atoms with Crippen molar-refractivity contribution in [3.8, 4) is 17.0 Å². The number of benzene rings is 3. The fraction of sp³-hybridized carbons (Fsp3) is 0.326. The van der Waals surface area contributed by atoms with Crippen LogP contribution in [-0.2, 0) is 20.8 Å². The van der Waals surface area contributed by atoms with Gasteiger partial charge < -0.3 is 25.6 Å². The topological polar surface area (TPSA) is 206 Å². The lowest BCUT2D eigenvalue weighted by Crippen LogP contribution is -2.53. The minimum atomic E-state index is -0.899. The largest absolute Gasteiger partial charge is 0.483 e. The van der Waals surface area contributed by atoms with Gasteiger partial charge in [-0.2, -0.15) is 5.10 Å². The average molecular weight is 858 g/mol. The van der Waals surface area contributed by atoms with Crippen molar-refractivity contribution in [2.45, 2.75) is 63.8 Å². The lowest BCUT2D eigenvalue weighted by molar-refractivity contribution is -0.136. The van der Waals surface area contributed by atoms with Crippen LogP contribution in [0.2, 0.25) is 0 Å². The molecule has 326 valence electrons. The molecule has 16 nitrogen and oxygen atoms in total. The molecule has 5 aromatic rings. The quantitative estimate of drug-likeness (QED) is 0.0499. The van der Waals surface area contributed by atoms with Crippen LogP contribution in [0.1, 0.15) is 99.3 Å². The number of aldehydes is 1. The average Bonchev–Trinajstić information content (AvgIpc) is 3.69. The second-order valence-corrected chi connectivity index (χ2v) is 15.4. The summed E-state index contributed by atoms with van der Waals surface area (Å²) >= 11 is 0. The van der Waals surface area contributed by atoms with Gasteiger partial charge in [0.05, 0.1) is 29.2 Å². The summed E-state index contributed by atoms with van der Waals surface area (Å²) in [6.07, 6.45) is 13.8. The molecule has 0 saturated carbocycles. The highest BCUT2D eigenvalue weighted by atomic mass is 19.1. The first-order valence-corrected chi connectivity index (χ1v) is 21.0. The number of carbonyl (C=O) groups is 6. The Kier molecular flexibility index (Phi) is 14.3. The molecule has 5 amide bonds. The summed E-state index contributed by atoms with van der Waals surface area (Å²) in [7, 11) is 1.41. The number of imide groups is 1. The van der Waals surface area contributed by atoms with E-state index in [1.165, 1.54) is 48.5 Å². The number of rotatable bonds is 19. The van der Waals surface area contributed by atoms with Crippen molar-refractivity contribution >= 4 is 53.4 Å². The molecule has 2 aromatic heterocycles. The minimum Gasteiger partial charge on any atom is -0.483 e. The van der Waals surface area contributed by atoms with Crippen molar-refractivity contribution in [2.75, 3.05) is 38.6 Å². The molecule has 1 saturated heterocycles.